The highest BCUT2D eigenvalue weighted by Crippen LogP contribution is 2.15. The molecule has 0 saturated carbocycles. The predicted octanol–water partition coefficient (Wildman–Crippen LogP) is 1.60. The van der Waals surface area contributed by atoms with Gasteiger partial charge in [-0.05, 0) is 5.56 Å². The van der Waals surface area contributed by atoms with Crippen molar-refractivity contribution >= 4 is 0 Å². The van der Waals surface area contributed by atoms with Crippen LogP contribution >= 0.6 is 0 Å². The van der Waals surface area contributed by atoms with Crippen molar-refractivity contribution in [3.8, 4) is 6.07 Å². The molecule has 1 atom stereocenters. The van der Waals surface area contributed by atoms with E-state index >= 15 is 0 Å². The number of nitriles is 1. The normalized spacial score (nSPS) is 12.0. The average Bonchev–Trinajstić information content (AvgIpc) is 2.84. The van der Waals surface area contributed by atoms with Crippen LogP contribution in [-0.4, -0.2) is 21.3 Å². The van der Waals surface area contributed by atoms with Crippen molar-refractivity contribution in [2.75, 3.05) is 6.54 Å². The molecule has 0 radical (unpaired) electrons. The summed E-state index contributed by atoms with van der Waals surface area (Å²) in [6.07, 6.45) is 2.95. The minimum atomic E-state index is 0.0689. The summed E-state index contributed by atoms with van der Waals surface area (Å²) in [5, 5.41) is 20.2. The Bertz CT molecular complexity index is 540. The molecule has 1 aromatic carbocycles. The minimum absolute atomic E-state index is 0.0689. The summed E-state index contributed by atoms with van der Waals surface area (Å²) in [6, 6.07) is 12.3. The highest BCUT2D eigenvalue weighted by atomic mass is 15.2. The van der Waals surface area contributed by atoms with Crippen LogP contribution in [0.2, 0.25) is 0 Å². The van der Waals surface area contributed by atoms with Crippen molar-refractivity contribution < 1.29 is 0 Å². The van der Waals surface area contributed by atoms with Crippen LogP contribution in [0.5, 0.6) is 0 Å². The summed E-state index contributed by atoms with van der Waals surface area (Å²) in [4.78, 5) is 0. The summed E-state index contributed by atoms with van der Waals surface area (Å²) >= 11 is 0. The van der Waals surface area contributed by atoms with Crippen LogP contribution in [-0.2, 0) is 13.5 Å². The number of aromatic nitrogens is 3. The maximum atomic E-state index is 8.91. The van der Waals surface area contributed by atoms with Gasteiger partial charge < -0.3 is 9.88 Å². The van der Waals surface area contributed by atoms with Gasteiger partial charge in [-0.1, -0.05) is 30.3 Å². The lowest BCUT2D eigenvalue weighted by molar-refractivity contribution is 0.536. The van der Waals surface area contributed by atoms with Gasteiger partial charge in [-0.15, -0.1) is 10.2 Å². The van der Waals surface area contributed by atoms with E-state index in [-0.39, 0.29) is 6.04 Å². The summed E-state index contributed by atoms with van der Waals surface area (Å²) in [5.41, 5.74) is 1.14. The van der Waals surface area contributed by atoms with Crippen LogP contribution < -0.4 is 5.32 Å². The molecule has 0 amide bonds. The quantitative estimate of drug-likeness (QED) is 0.851. The maximum Gasteiger partial charge on any atom is 0.133 e. The zero-order valence-electron chi connectivity index (χ0n) is 11.0. The Morgan fingerprint density at radius 3 is 2.79 bits per heavy atom. The lowest BCUT2D eigenvalue weighted by Gasteiger charge is -2.16. The zero-order valence-corrected chi connectivity index (χ0v) is 11.0. The molecule has 0 aliphatic rings. The molecule has 2 aromatic rings. The largest absolute Gasteiger partial charge is 0.321 e. The molecule has 1 aromatic heterocycles. The van der Waals surface area contributed by atoms with E-state index in [4.69, 9.17) is 5.26 Å². The first kappa shape index (κ1) is 13.2. The number of hydrogen-bond donors (Lipinski definition) is 1. The molecule has 0 aliphatic heterocycles. The second kappa shape index (κ2) is 6.66. The standard InChI is InChI=1S/C14H17N5/c1-19-11-17-18-14(19)8-10-16-13(7-9-15)12-5-3-2-4-6-12/h2-6,11,13,16H,7-8,10H2,1H3. The summed E-state index contributed by atoms with van der Waals surface area (Å²) in [6.45, 7) is 0.772. The third-order valence-electron chi connectivity index (χ3n) is 3.04. The van der Waals surface area contributed by atoms with Gasteiger partial charge in [-0.3, -0.25) is 0 Å². The number of hydrogen-bond acceptors (Lipinski definition) is 4. The third kappa shape index (κ3) is 3.63. The van der Waals surface area contributed by atoms with Crippen LogP contribution in [0, 0.1) is 11.3 Å². The van der Waals surface area contributed by atoms with Crippen LogP contribution in [0.4, 0.5) is 0 Å². The van der Waals surface area contributed by atoms with Crippen LogP contribution in [0.15, 0.2) is 36.7 Å². The topological polar surface area (TPSA) is 66.5 Å². The fraction of sp³-hybridized carbons (Fsp3) is 0.357. The smallest absolute Gasteiger partial charge is 0.133 e. The molecule has 1 N–H and O–H groups in total. The summed E-state index contributed by atoms with van der Waals surface area (Å²) in [5.74, 6) is 0.941. The van der Waals surface area contributed by atoms with Gasteiger partial charge in [0.05, 0.1) is 12.5 Å². The second-order valence-electron chi connectivity index (χ2n) is 4.39. The van der Waals surface area contributed by atoms with E-state index in [2.05, 4.69) is 21.6 Å². The summed E-state index contributed by atoms with van der Waals surface area (Å²) < 4.78 is 1.91. The highest BCUT2D eigenvalue weighted by molar-refractivity contribution is 5.19. The SMILES string of the molecule is Cn1cnnc1CCNC(CC#N)c1ccccc1. The van der Waals surface area contributed by atoms with E-state index in [0.29, 0.717) is 6.42 Å². The zero-order chi connectivity index (χ0) is 13.5. The fourth-order valence-electron chi connectivity index (χ4n) is 1.98. The van der Waals surface area contributed by atoms with Crippen molar-refractivity contribution in [1.82, 2.24) is 20.1 Å². The number of rotatable bonds is 6. The van der Waals surface area contributed by atoms with Crippen molar-refractivity contribution in [3.05, 3.63) is 48.0 Å². The van der Waals surface area contributed by atoms with Crippen molar-refractivity contribution in [1.29, 1.82) is 5.26 Å². The highest BCUT2D eigenvalue weighted by Gasteiger charge is 2.10. The molecule has 0 saturated heterocycles. The number of nitrogens with one attached hydrogen (secondary N) is 1. The maximum absolute atomic E-state index is 8.91. The molecule has 0 aliphatic carbocycles. The predicted molar refractivity (Wildman–Crippen MR) is 72.1 cm³/mol. The first-order valence-electron chi connectivity index (χ1n) is 6.29. The lowest BCUT2D eigenvalue weighted by Crippen LogP contribution is -2.24. The monoisotopic (exact) mass is 255 g/mol. The molecule has 1 unspecified atom stereocenters. The molecular formula is C14H17N5. The molecule has 19 heavy (non-hydrogen) atoms. The van der Waals surface area contributed by atoms with E-state index < -0.39 is 0 Å². The van der Waals surface area contributed by atoms with Gasteiger partial charge in [-0.25, -0.2) is 0 Å². The van der Waals surface area contributed by atoms with E-state index in [9.17, 15) is 0 Å². The Hall–Kier alpha value is -2.19. The van der Waals surface area contributed by atoms with Gasteiger partial charge in [-0.2, -0.15) is 5.26 Å². The molecule has 2 rings (SSSR count). The molecule has 0 spiro atoms. The van der Waals surface area contributed by atoms with Crippen LogP contribution in [0.1, 0.15) is 23.9 Å². The van der Waals surface area contributed by atoms with Crippen LogP contribution in [0.25, 0.3) is 0 Å². The Kier molecular flexibility index (Phi) is 4.65. The van der Waals surface area contributed by atoms with Gasteiger partial charge in [0.25, 0.3) is 0 Å². The van der Waals surface area contributed by atoms with Crippen LogP contribution in [0.3, 0.4) is 0 Å². The van der Waals surface area contributed by atoms with Gasteiger partial charge in [0.1, 0.15) is 12.2 Å². The Morgan fingerprint density at radius 1 is 1.37 bits per heavy atom. The first-order chi connectivity index (χ1) is 9.31. The molecule has 5 nitrogen and oxygen atoms in total. The minimum Gasteiger partial charge on any atom is -0.321 e. The molecule has 5 heteroatoms. The third-order valence-corrected chi connectivity index (χ3v) is 3.04. The number of aryl methyl sites for hydroxylation is 1. The molecule has 98 valence electrons. The Morgan fingerprint density at radius 2 is 2.16 bits per heavy atom. The molecule has 0 fully saturated rings. The molecule has 0 bridgehead atoms. The number of benzene rings is 1. The lowest BCUT2D eigenvalue weighted by atomic mass is 10.0. The second-order valence-corrected chi connectivity index (χ2v) is 4.39. The Balaban J connectivity index is 1.91. The van der Waals surface area contributed by atoms with Crippen molar-refractivity contribution in [2.24, 2.45) is 7.05 Å². The van der Waals surface area contributed by atoms with Crippen molar-refractivity contribution in [2.45, 2.75) is 18.9 Å². The molecular weight excluding hydrogens is 238 g/mol. The van der Waals surface area contributed by atoms with Gasteiger partial charge in [0.2, 0.25) is 0 Å². The van der Waals surface area contributed by atoms with E-state index in [0.717, 1.165) is 24.4 Å². The van der Waals surface area contributed by atoms with Gasteiger partial charge >= 0.3 is 0 Å². The van der Waals surface area contributed by atoms with E-state index in [1.54, 1.807) is 6.33 Å². The first-order valence-corrected chi connectivity index (χ1v) is 6.29. The fourth-order valence-corrected chi connectivity index (χ4v) is 1.98. The summed E-state index contributed by atoms with van der Waals surface area (Å²) in [7, 11) is 1.93. The van der Waals surface area contributed by atoms with Crippen molar-refractivity contribution in [3.63, 3.8) is 0 Å². The average molecular weight is 255 g/mol. The number of nitrogens with zero attached hydrogens (tertiary/aromatic N) is 4. The van der Waals surface area contributed by atoms with Gasteiger partial charge in [0, 0.05) is 26.1 Å². The van der Waals surface area contributed by atoms with Gasteiger partial charge in [0.15, 0.2) is 0 Å². The molecule has 1 heterocycles. The van der Waals surface area contributed by atoms with E-state index in [1.807, 2.05) is 41.9 Å². The van der Waals surface area contributed by atoms with E-state index in [1.165, 1.54) is 0 Å². The Labute approximate surface area is 112 Å².